The molecule has 2 nitrogen and oxygen atoms in total. The lowest BCUT2D eigenvalue weighted by molar-refractivity contribution is 0.0526. The maximum atomic E-state index is 3.78. The van der Waals surface area contributed by atoms with Crippen molar-refractivity contribution in [3.05, 3.63) is 0 Å². The number of piperidine rings is 1. The number of hydrogen-bond acceptors (Lipinski definition) is 2. The standard InChI is InChI=1S/C15H30N2/c1-5-15(7-6-8-16-15)11-17-10-12(2)9-13(3)14(17)4/h12-14,16H,5-11H2,1-4H3. The average Bonchev–Trinajstić information content (AvgIpc) is 2.74. The minimum Gasteiger partial charge on any atom is -0.310 e. The zero-order valence-corrected chi connectivity index (χ0v) is 12.1. The Morgan fingerprint density at radius 1 is 1.29 bits per heavy atom. The number of likely N-dealkylation sites (tertiary alicyclic amines) is 1. The molecular weight excluding hydrogens is 208 g/mol. The molecule has 4 atom stereocenters. The molecule has 2 aliphatic rings. The normalized spacial score (nSPS) is 44.1. The second-order valence-electron chi connectivity index (χ2n) is 6.65. The van der Waals surface area contributed by atoms with Crippen molar-refractivity contribution in [3.8, 4) is 0 Å². The lowest BCUT2D eigenvalue weighted by Gasteiger charge is -2.45. The minimum absolute atomic E-state index is 0.422. The van der Waals surface area contributed by atoms with Crippen LogP contribution in [0.15, 0.2) is 0 Å². The third kappa shape index (κ3) is 2.85. The van der Waals surface area contributed by atoms with Gasteiger partial charge in [0, 0.05) is 24.7 Å². The SMILES string of the molecule is CCC1(CN2CC(C)CC(C)C2C)CCCN1. The molecule has 17 heavy (non-hydrogen) atoms. The quantitative estimate of drug-likeness (QED) is 0.813. The monoisotopic (exact) mass is 238 g/mol. The van der Waals surface area contributed by atoms with Crippen LogP contribution in [-0.2, 0) is 0 Å². The summed E-state index contributed by atoms with van der Waals surface area (Å²) in [5.41, 5.74) is 0.422. The van der Waals surface area contributed by atoms with Gasteiger partial charge in [0.05, 0.1) is 0 Å². The predicted octanol–water partition coefficient (Wildman–Crippen LogP) is 2.89. The minimum atomic E-state index is 0.422. The van der Waals surface area contributed by atoms with Gasteiger partial charge in [-0.25, -0.2) is 0 Å². The summed E-state index contributed by atoms with van der Waals surface area (Å²) < 4.78 is 0. The van der Waals surface area contributed by atoms with Gasteiger partial charge in [-0.1, -0.05) is 20.8 Å². The van der Waals surface area contributed by atoms with Crippen molar-refractivity contribution >= 4 is 0 Å². The first-order valence-electron chi connectivity index (χ1n) is 7.55. The summed E-state index contributed by atoms with van der Waals surface area (Å²) >= 11 is 0. The second-order valence-corrected chi connectivity index (χ2v) is 6.65. The van der Waals surface area contributed by atoms with Gasteiger partial charge in [-0.05, 0) is 51.0 Å². The fourth-order valence-corrected chi connectivity index (χ4v) is 3.85. The highest BCUT2D eigenvalue weighted by Crippen LogP contribution is 2.31. The largest absolute Gasteiger partial charge is 0.310 e. The van der Waals surface area contributed by atoms with Crippen LogP contribution in [0, 0.1) is 11.8 Å². The first kappa shape index (κ1) is 13.4. The fraction of sp³-hybridized carbons (Fsp3) is 1.00. The highest BCUT2D eigenvalue weighted by molar-refractivity contribution is 4.97. The third-order valence-corrected chi connectivity index (χ3v) is 5.23. The molecule has 0 saturated carbocycles. The van der Waals surface area contributed by atoms with E-state index in [0.717, 1.165) is 17.9 Å². The van der Waals surface area contributed by atoms with E-state index in [1.165, 1.54) is 45.3 Å². The molecule has 0 aromatic heterocycles. The Morgan fingerprint density at radius 2 is 2.06 bits per heavy atom. The number of rotatable bonds is 3. The van der Waals surface area contributed by atoms with Crippen molar-refractivity contribution in [2.24, 2.45) is 11.8 Å². The summed E-state index contributed by atoms with van der Waals surface area (Å²) in [6.45, 7) is 13.4. The van der Waals surface area contributed by atoms with Crippen molar-refractivity contribution in [2.45, 2.75) is 65.0 Å². The van der Waals surface area contributed by atoms with Gasteiger partial charge in [0.2, 0.25) is 0 Å². The lowest BCUT2D eigenvalue weighted by Crippen LogP contribution is -2.55. The van der Waals surface area contributed by atoms with Crippen LogP contribution < -0.4 is 5.32 Å². The van der Waals surface area contributed by atoms with Crippen LogP contribution in [-0.4, -0.2) is 36.1 Å². The molecule has 0 radical (unpaired) electrons. The van der Waals surface area contributed by atoms with E-state index >= 15 is 0 Å². The van der Waals surface area contributed by atoms with Gasteiger partial charge in [-0.2, -0.15) is 0 Å². The second kappa shape index (κ2) is 5.27. The molecule has 1 N–H and O–H groups in total. The summed E-state index contributed by atoms with van der Waals surface area (Å²) in [5.74, 6) is 1.73. The van der Waals surface area contributed by atoms with Gasteiger partial charge < -0.3 is 5.32 Å². The molecule has 2 aliphatic heterocycles. The first-order valence-corrected chi connectivity index (χ1v) is 7.55. The van der Waals surface area contributed by atoms with Gasteiger partial charge in [-0.15, -0.1) is 0 Å². The topological polar surface area (TPSA) is 15.3 Å². The molecule has 0 aromatic rings. The molecule has 2 saturated heterocycles. The summed E-state index contributed by atoms with van der Waals surface area (Å²) in [6.07, 6.45) is 5.42. The Kier molecular flexibility index (Phi) is 4.14. The zero-order valence-electron chi connectivity index (χ0n) is 12.1. The van der Waals surface area contributed by atoms with E-state index in [4.69, 9.17) is 0 Å². The van der Waals surface area contributed by atoms with E-state index in [9.17, 15) is 0 Å². The van der Waals surface area contributed by atoms with Crippen LogP contribution >= 0.6 is 0 Å². The van der Waals surface area contributed by atoms with Gasteiger partial charge in [0.1, 0.15) is 0 Å². The Labute approximate surface area is 107 Å². The third-order valence-electron chi connectivity index (χ3n) is 5.23. The van der Waals surface area contributed by atoms with Crippen LogP contribution in [0.3, 0.4) is 0 Å². The lowest BCUT2D eigenvalue weighted by atomic mass is 9.84. The maximum Gasteiger partial charge on any atom is 0.0306 e. The van der Waals surface area contributed by atoms with E-state index in [1.807, 2.05) is 0 Å². The molecule has 100 valence electrons. The zero-order chi connectivity index (χ0) is 12.5. The van der Waals surface area contributed by atoms with Crippen LogP contribution in [0.5, 0.6) is 0 Å². The van der Waals surface area contributed by atoms with Crippen molar-refractivity contribution in [1.29, 1.82) is 0 Å². The summed E-state index contributed by atoms with van der Waals surface area (Å²) in [6, 6.07) is 0.761. The predicted molar refractivity (Wildman–Crippen MR) is 74.2 cm³/mol. The van der Waals surface area contributed by atoms with E-state index < -0.39 is 0 Å². The average molecular weight is 238 g/mol. The Hall–Kier alpha value is -0.0800. The first-order chi connectivity index (χ1) is 8.06. The van der Waals surface area contributed by atoms with Crippen molar-refractivity contribution in [2.75, 3.05) is 19.6 Å². The molecule has 2 heteroatoms. The van der Waals surface area contributed by atoms with E-state index in [-0.39, 0.29) is 0 Å². The molecule has 2 rings (SSSR count). The molecule has 2 heterocycles. The van der Waals surface area contributed by atoms with Gasteiger partial charge in [0.25, 0.3) is 0 Å². The van der Waals surface area contributed by atoms with Crippen LogP contribution in [0.25, 0.3) is 0 Å². The Balaban J connectivity index is 2.00. The Bertz CT molecular complexity index is 245. The summed E-state index contributed by atoms with van der Waals surface area (Å²) in [7, 11) is 0. The molecule has 0 amide bonds. The van der Waals surface area contributed by atoms with Crippen LogP contribution in [0.2, 0.25) is 0 Å². The molecule has 0 bridgehead atoms. The molecule has 0 aliphatic carbocycles. The van der Waals surface area contributed by atoms with Crippen LogP contribution in [0.1, 0.15) is 53.4 Å². The number of nitrogens with zero attached hydrogens (tertiary/aromatic N) is 1. The van der Waals surface area contributed by atoms with E-state index in [1.54, 1.807) is 0 Å². The summed E-state index contributed by atoms with van der Waals surface area (Å²) in [4.78, 5) is 2.75. The molecule has 2 fully saturated rings. The van der Waals surface area contributed by atoms with E-state index in [0.29, 0.717) is 5.54 Å². The highest BCUT2D eigenvalue weighted by atomic mass is 15.2. The number of nitrogens with one attached hydrogen (secondary N) is 1. The Morgan fingerprint density at radius 3 is 2.65 bits per heavy atom. The molecule has 0 spiro atoms. The molecular formula is C15H30N2. The van der Waals surface area contributed by atoms with Gasteiger partial charge in [0.15, 0.2) is 0 Å². The van der Waals surface area contributed by atoms with Gasteiger partial charge >= 0.3 is 0 Å². The van der Waals surface area contributed by atoms with Crippen molar-refractivity contribution < 1.29 is 0 Å². The van der Waals surface area contributed by atoms with Crippen molar-refractivity contribution in [1.82, 2.24) is 10.2 Å². The van der Waals surface area contributed by atoms with E-state index in [2.05, 4.69) is 37.9 Å². The summed E-state index contributed by atoms with van der Waals surface area (Å²) in [5, 5.41) is 3.78. The van der Waals surface area contributed by atoms with Crippen LogP contribution in [0.4, 0.5) is 0 Å². The number of hydrogen-bond donors (Lipinski definition) is 1. The highest BCUT2D eigenvalue weighted by Gasteiger charge is 2.37. The van der Waals surface area contributed by atoms with Gasteiger partial charge in [-0.3, -0.25) is 4.90 Å². The van der Waals surface area contributed by atoms with Crippen molar-refractivity contribution in [3.63, 3.8) is 0 Å². The maximum absolute atomic E-state index is 3.78. The molecule has 4 unspecified atom stereocenters. The smallest absolute Gasteiger partial charge is 0.0306 e. The molecule has 0 aromatic carbocycles. The fourth-order valence-electron chi connectivity index (χ4n) is 3.85.